The molecule has 0 unspecified atom stereocenters. The molecule has 0 spiro atoms. The Labute approximate surface area is 122 Å². The van der Waals surface area contributed by atoms with E-state index in [1.807, 2.05) is 30.3 Å². The van der Waals surface area contributed by atoms with Gasteiger partial charge in [0.2, 0.25) is 0 Å². The Bertz CT molecular complexity index is 765. The smallest absolute Gasteiger partial charge is 0.155 e. The first-order chi connectivity index (χ1) is 10.3. The number of methoxy groups -OCH3 is 2. The van der Waals surface area contributed by atoms with Crippen molar-refractivity contribution in [3.8, 4) is 17.2 Å². The molecule has 0 saturated heterocycles. The predicted molar refractivity (Wildman–Crippen MR) is 79.9 cm³/mol. The Morgan fingerprint density at radius 2 is 1.86 bits per heavy atom. The lowest BCUT2D eigenvalue weighted by Gasteiger charge is -2.07. The summed E-state index contributed by atoms with van der Waals surface area (Å²) in [6.45, 7) is 0.514. The van der Waals surface area contributed by atoms with E-state index < -0.39 is 0 Å². The van der Waals surface area contributed by atoms with Gasteiger partial charge in [0.25, 0.3) is 0 Å². The molecule has 1 aromatic heterocycles. The first-order valence-electron chi connectivity index (χ1n) is 6.53. The highest BCUT2D eigenvalue weighted by Crippen LogP contribution is 2.30. The first kappa shape index (κ1) is 13.4. The molecule has 0 bridgehead atoms. The SMILES string of the molecule is COc1cc(OC)c2nnn(-c3ccc(CN)cc3)c2c1. The molecule has 0 amide bonds. The minimum absolute atomic E-state index is 0.514. The van der Waals surface area contributed by atoms with Crippen LogP contribution in [0.2, 0.25) is 0 Å². The molecule has 0 fully saturated rings. The average Bonchev–Trinajstić information content (AvgIpc) is 2.97. The summed E-state index contributed by atoms with van der Waals surface area (Å²) < 4.78 is 12.4. The Morgan fingerprint density at radius 1 is 1.10 bits per heavy atom. The van der Waals surface area contributed by atoms with Crippen molar-refractivity contribution in [2.45, 2.75) is 6.54 Å². The fraction of sp³-hybridized carbons (Fsp3) is 0.200. The molecule has 21 heavy (non-hydrogen) atoms. The number of benzene rings is 2. The second-order valence-electron chi connectivity index (χ2n) is 4.57. The summed E-state index contributed by atoms with van der Waals surface area (Å²) in [6.07, 6.45) is 0. The van der Waals surface area contributed by atoms with Crippen molar-refractivity contribution in [1.29, 1.82) is 0 Å². The van der Waals surface area contributed by atoms with E-state index in [0.717, 1.165) is 16.8 Å². The number of aromatic nitrogens is 3. The van der Waals surface area contributed by atoms with Crippen LogP contribution in [0.15, 0.2) is 36.4 Å². The summed E-state index contributed by atoms with van der Waals surface area (Å²) >= 11 is 0. The zero-order chi connectivity index (χ0) is 14.8. The molecule has 0 atom stereocenters. The van der Waals surface area contributed by atoms with Crippen LogP contribution in [-0.4, -0.2) is 29.2 Å². The first-order valence-corrected chi connectivity index (χ1v) is 6.53. The summed E-state index contributed by atoms with van der Waals surface area (Å²) in [4.78, 5) is 0. The van der Waals surface area contributed by atoms with Crippen molar-refractivity contribution < 1.29 is 9.47 Å². The number of nitrogens with zero attached hydrogens (tertiary/aromatic N) is 3. The molecule has 6 heteroatoms. The van der Waals surface area contributed by atoms with Crippen LogP contribution in [0.4, 0.5) is 0 Å². The van der Waals surface area contributed by atoms with Gasteiger partial charge in [0.1, 0.15) is 11.3 Å². The van der Waals surface area contributed by atoms with Gasteiger partial charge >= 0.3 is 0 Å². The zero-order valence-corrected chi connectivity index (χ0v) is 11.9. The van der Waals surface area contributed by atoms with Gasteiger partial charge in [0.05, 0.1) is 19.9 Å². The lowest BCUT2D eigenvalue weighted by atomic mass is 10.2. The molecule has 108 valence electrons. The molecule has 3 aromatic rings. The van der Waals surface area contributed by atoms with Gasteiger partial charge in [-0.2, -0.15) is 0 Å². The molecule has 0 aliphatic carbocycles. The third kappa shape index (κ3) is 2.30. The lowest BCUT2D eigenvalue weighted by Crippen LogP contribution is -1.99. The maximum atomic E-state index is 5.62. The summed E-state index contributed by atoms with van der Waals surface area (Å²) in [5, 5.41) is 8.40. The van der Waals surface area contributed by atoms with Gasteiger partial charge < -0.3 is 15.2 Å². The third-order valence-corrected chi connectivity index (χ3v) is 3.36. The van der Waals surface area contributed by atoms with E-state index in [1.54, 1.807) is 25.0 Å². The number of ether oxygens (including phenoxy) is 2. The summed E-state index contributed by atoms with van der Waals surface area (Å²) in [5.74, 6) is 1.33. The number of hydrogen-bond donors (Lipinski definition) is 1. The van der Waals surface area contributed by atoms with Gasteiger partial charge in [-0.15, -0.1) is 5.10 Å². The topological polar surface area (TPSA) is 75.2 Å². The van der Waals surface area contributed by atoms with Crippen LogP contribution in [0, 0.1) is 0 Å². The van der Waals surface area contributed by atoms with Gasteiger partial charge in [-0.1, -0.05) is 17.3 Å². The molecule has 0 radical (unpaired) electrons. The molecule has 0 aliphatic heterocycles. The minimum Gasteiger partial charge on any atom is -0.497 e. The van der Waals surface area contributed by atoms with E-state index in [1.165, 1.54) is 0 Å². The van der Waals surface area contributed by atoms with Crippen LogP contribution >= 0.6 is 0 Å². The number of rotatable bonds is 4. The van der Waals surface area contributed by atoms with Gasteiger partial charge in [-0.25, -0.2) is 4.68 Å². The van der Waals surface area contributed by atoms with Crippen molar-refractivity contribution in [3.63, 3.8) is 0 Å². The van der Waals surface area contributed by atoms with Crippen LogP contribution in [0.1, 0.15) is 5.56 Å². The van der Waals surface area contributed by atoms with Gasteiger partial charge in [0, 0.05) is 18.7 Å². The molecule has 0 aliphatic rings. The fourth-order valence-electron chi connectivity index (χ4n) is 2.21. The molecule has 6 nitrogen and oxygen atoms in total. The van der Waals surface area contributed by atoms with E-state index in [2.05, 4.69) is 10.3 Å². The van der Waals surface area contributed by atoms with E-state index in [0.29, 0.717) is 23.6 Å². The number of hydrogen-bond acceptors (Lipinski definition) is 5. The average molecular weight is 284 g/mol. The number of nitrogens with two attached hydrogens (primary N) is 1. The highest BCUT2D eigenvalue weighted by atomic mass is 16.5. The maximum Gasteiger partial charge on any atom is 0.155 e. The molecule has 3 rings (SSSR count). The van der Waals surface area contributed by atoms with E-state index in [-0.39, 0.29) is 0 Å². The van der Waals surface area contributed by atoms with E-state index >= 15 is 0 Å². The molecule has 2 aromatic carbocycles. The van der Waals surface area contributed by atoms with Crippen LogP contribution in [0.25, 0.3) is 16.7 Å². The molecular weight excluding hydrogens is 268 g/mol. The molecule has 2 N–H and O–H groups in total. The second kappa shape index (κ2) is 5.41. The largest absolute Gasteiger partial charge is 0.497 e. The van der Waals surface area contributed by atoms with Crippen molar-refractivity contribution in [1.82, 2.24) is 15.0 Å². The van der Waals surface area contributed by atoms with Crippen molar-refractivity contribution in [3.05, 3.63) is 42.0 Å². The van der Waals surface area contributed by atoms with Crippen LogP contribution in [0.5, 0.6) is 11.5 Å². The van der Waals surface area contributed by atoms with Crippen molar-refractivity contribution >= 4 is 11.0 Å². The molecular formula is C15H16N4O2. The minimum atomic E-state index is 0.514. The standard InChI is InChI=1S/C15H16N4O2/c1-20-12-7-13-15(14(8-12)21-2)17-18-19(13)11-5-3-10(9-16)4-6-11/h3-8H,9,16H2,1-2H3. The van der Waals surface area contributed by atoms with E-state index in [4.69, 9.17) is 15.2 Å². The normalized spacial score (nSPS) is 10.8. The lowest BCUT2D eigenvalue weighted by molar-refractivity contribution is 0.397. The Balaban J connectivity index is 2.18. The number of fused-ring (bicyclic) bond motifs is 1. The fourth-order valence-corrected chi connectivity index (χ4v) is 2.21. The van der Waals surface area contributed by atoms with E-state index in [9.17, 15) is 0 Å². The third-order valence-electron chi connectivity index (χ3n) is 3.36. The highest BCUT2D eigenvalue weighted by Gasteiger charge is 2.13. The van der Waals surface area contributed by atoms with Crippen molar-refractivity contribution in [2.75, 3.05) is 14.2 Å². The Hall–Kier alpha value is -2.60. The van der Waals surface area contributed by atoms with Gasteiger partial charge in [-0.3, -0.25) is 0 Å². The molecule has 1 heterocycles. The predicted octanol–water partition coefficient (Wildman–Crippen LogP) is 1.90. The van der Waals surface area contributed by atoms with Gasteiger partial charge in [0.15, 0.2) is 11.3 Å². The molecule has 0 saturated carbocycles. The van der Waals surface area contributed by atoms with Crippen LogP contribution < -0.4 is 15.2 Å². The van der Waals surface area contributed by atoms with Crippen LogP contribution in [0.3, 0.4) is 0 Å². The van der Waals surface area contributed by atoms with Gasteiger partial charge in [-0.05, 0) is 17.7 Å². The Kier molecular flexibility index (Phi) is 3.45. The van der Waals surface area contributed by atoms with Crippen LogP contribution in [-0.2, 0) is 6.54 Å². The summed E-state index contributed by atoms with van der Waals surface area (Å²) in [5.41, 5.74) is 9.11. The summed E-state index contributed by atoms with van der Waals surface area (Å²) in [6, 6.07) is 11.5. The quantitative estimate of drug-likeness (QED) is 0.792. The monoisotopic (exact) mass is 284 g/mol. The summed E-state index contributed by atoms with van der Waals surface area (Å²) in [7, 11) is 3.22. The highest BCUT2D eigenvalue weighted by molar-refractivity contribution is 5.84. The van der Waals surface area contributed by atoms with Crippen molar-refractivity contribution in [2.24, 2.45) is 5.73 Å². The zero-order valence-electron chi connectivity index (χ0n) is 11.9. The Morgan fingerprint density at radius 3 is 2.48 bits per heavy atom. The maximum absolute atomic E-state index is 5.62. The second-order valence-corrected chi connectivity index (χ2v) is 4.57.